The van der Waals surface area contributed by atoms with Crippen LogP contribution in [-0.4, -0.2) is 27.0 Å². The zero-order valence-corrected chi connectivity index (χ0v) is 16.5. The number of rotatable bonds is 5. The summed E-state index contributed by atoms with van der Waals surface area (Å²) >= 11 is 0. The Bertz CT molecular complexity index is 961. The van der Waals surface area contributed by atoms with Gasteiger partial charge in [-0.05, 0) is 44.0 Å². The summed E-state index contributed by atoms with van der Waals surface area (Å²) in [7, 11) is 0. The van der Waals surface area contributed by atoms with E-state index in [2.05, 4.69) is 10.1 Å². The van der Waals surface area contributed by atoms with Gasteiger partial charge in [-0.25, -0.2) is 4.39 Å². The molecule has 4 rings (SSSR count). The van der Waals surface area contributed by atoms with E-state index in [0.717, 1.165) is 36.8 Å². The molecule has 1 aliphatic carbocycles. The van der Waals surface area contributed by atoms with Crippen LogP contribution in [0.25, 0.3) is 11.4 Å². The highest BCUT2D eigenvalue weighted by Gasteiger charge is 2.28. The van der Waals surface area contributed by atoms with E-state index >= 15 is 0 Å². The standard InChI is InChI=1S/C23H24FN3O2/c1-16-7-9-17(10-8-16)22-25-21(29-26-22)15-27(20-5-3-2-4-6-20)23(28)18-11-13-19(24)14-12-18/h7-14,20H,2-6,15H2,1H3. The van der Waals surface area contributed by atoms with Crippen LogP contribution in [-0.2, 0) is 6.54 Å². The smallest absolute Gasteiger partial charge is 0.254 e. The summed E-state index contributed by atoms with van der Waals surface area (Å²) in [6, 6.07) is 13.7. The molecule has 5 nitrogen and oxygen atoms in total. The first-order valence-corrected chi connectivity index (χ1v) is 10.1. The van der Waals surface area contributed by atoms with Gasteiger partial charge in [-0.15, -0.1) is 0 Å². The monoisotopic (exact) mass is 393 g/mol. The summed E-state index contributed by atoms with van der Waals surface area (Å²) in [5, 5.41) is 4.08. The minimum Gasteiger partial charge on any atom is -0.337 e. The third-order valence-electron chi connectivity index (χ3n) is 5.45. The Balaban J connectivity index is 1.57. The molecule has 0 N–H and O–H groups in total. The number of nitrogens with zero attached hydrogens (tertiary/aromatic N) is 3. The lowest BCUT2D eigenvalue weighted by Crippen LogP contribution is -2.41. The lowest BCUT2D eigenvalue weighted by atomic mass is 9.93. The average Bonchev–Trinajstić information content (AvgIpc) is 3.22. The number of aryl methyl sites for hydroxylation is 1. The molecule has 0 aliphatic heterocycles. The van der Waals surface area contributed by atoms with Crippen molar-refractivity contribution in [3.63, 3.8) is 0 Å². The van der Waals surface area contributed by atoms with Gasteiger partial charge in [-0.3, -0.25) is 4.79 Å². The fraction of sp³-hybridized carbons (Fsp3) is 0.348. The summed E-state index contributed by atoms with van der Waals surface area (Å²) in [4.78, 5) is 19.5. The van der Waals surface area contributed by atoms with Crippen molar-refractivity contribution in [1.82, 2.24) is 15.0 Å². The first-order chi connectivity index (χ1) is 14.1. The van der Waals surface area contributed by atoms with Crippen LogP contribution in [0.2, 0.25) is 0 Å². The number of halogens is 1. The second-order valence-corrected chi connectivity index (χ2v) is 7.61. The summed E-state index contributed by atoms with van der Waals surface area (Å²) in [5.41, 5.74) is 2.50. The molecule has 6 heteroatoms. The van der Waals surface area contributed by atoms with E-state index in [4.69, 9.17) is 4.52 Å². The maximum atomic E-state index is 13.3. The molecule has 1 heterocycles. The zero-order valence-electron chi connectivity index (χ0n) is 16.5. The average molecular weight is 393 g/mol. The van der Waals surface area contributed by atoms with Gasteiger partial charge in [-0.1, -0.05) is 54.2 Å². The number of hydrogen-bond acceptors (Lipinski definition) is 4. The molecule has 3 aromatic rings. The third kappa shape index (κ3) is 4.53. The Morgan fingerprint density at radius 3 is 2.45 bits per heavy atom. The van der Waals surface area contributed by atoms with Crippen molar-refractivity contribution in [3.8, 4) is 11.4 Å². The van der Waals surface area contributed by atoms with Crippen molar-refractivity contribution in [3.05, 3.63) is 71.4 Å². The summed E-state index contributed by atoms with van der Waals surface area (Å²) in [6.07, 6.45) is 5.28. The molecule has 1 fully saturated rings. The van der Waals surface area contributed by atoms with E-state index < -0.39 is 0 Å². The lowest BCUT2D eigenvalue weighted by Gasteiger charge is -2.33. The molecule has 0 atom stereocenters. The van der Waals surface area contributed by atoms with Gasteiger partial charge in [0.15, 0.2) is 0 Å². The number of carbonyl (C=O) groups excluding carboxylic acids is 1. The predicted octanol–water partition coefficient (Wildman–Crippen LogP) is 5.16. The van der Waals surface area contributed by atoms with Crippen LogP contribution in [0, 0.1) is 12.7 Å². The molecular weight excluding hydrogens is 369 g/mol. The first kappa shape index (κ1) is 19.3. The molecule has 1 aromatic heterocycles. The van der Waals surface area contributed by atoms with Crippen molar-refractivity contribution in [2.45, 2.75) is 51.6 Å². The minimum absolute atomic E-state index is 0.121. The molecule has 2 aromatic carbocycles. The maximum absolute atomic E-state index is 13.3. The van der Waals surface area contributed by atoms with Gasteiger partial charge in [0.25, 0.3) is 5.91 Å². The summed E-state index contributed by atoms with van der Waals surface area (Å²) in [6.45, 7) is 2.27. The van der Waals surface area contributed by atoms with Gasteiger partial charge in [0.2, 0.25) is 11.7 Å². The largest absolute Gasteiger partial charge is 0.337 e. The van der Waals surface area contributed by atoms with Crippen LogP contribution >= 0.6 is 0 Å². The highest BCUT2D eigenvalue weighted by molar-refractivity contribution is 5.94. The molecule has 1 amide bonds. The van der Waals surface area contributed by atoms with Gasteiger partial charge < -0.3 is 9.42 Å². The summed E-state index contributed by atoms with van der Waals surface area (Å²) in [5.74, 6) is 0.428. The fourth-order valence-corrected chi connectivity index (χ4v) is 3.80. The Morgan fingerprint density at radius 2 is 1.76 bits per heavy atom. The van der Waals surface area contributed by atoms with E-state index in [1.54, 1.807) is 4.90 Å². The van der Waals surface area contributed by atoms with Gasteiger partial charge in [0.1, 0.15) is 12.4 Å². The molecule has 150 valence electrons. The van der Waals surface area contributed by atoms with E-state index in [1.165, 1.54) is 30.7 Å². The molecule has 0 radical (unpaired) electrons. The van der Waals surface area contributed by atoms with Crippen LogP contribution in [0.15, 0.2) is 53.1 Å². The Kier molecular flexibility index (Phi) is 5.69. The van der Waals surface area contributed by atoms with E-state index in [0.29, 0.717) is 17.3 Å². The normalized spacial score (nSPS) is 14.7. The van der Waals surface area contributed by atoms with Crippen LogP contribution in [0.5, 0.6) is 0 Å². The van der Waals surface area contributed by atoms with Crippen molar-refractivity contribution in [2.75, 3.05) is 0 Å². The number of carbonyl (C=O) groups is 1. The number of hydrogen-bond donors (Lipinski definition) is 0. The summed E-state index contributed by atoms with van der Waals surface area (Å²) < 4.78 is 18.7. The highest BCUT2D eigenvalue weighted by atomic mass is 19.1. The SMILES string of the molecule is Cc1ccc(-c2noc(CN(C(=O)c3ccc(F)cc3)C3CCCCC3)n2)cc1. The van der Waals surface area contributed by atoms with Crippen LogP contribution < -0.4 is 0 Å². The molecule has 0 saturated heterocycles. The van der Waals surface area contributed by atoms with Crippen molar-refractivity contribution < 1.29 is 13.7 Å². The van der Waals surface area contributed by atoms with Gasteiger partial charge >= 0.3 is 0 Å². The molecule has 1 saturated carbocycles. The van der Waals surface area contributed by atoms with Gasteiger partial charge in [0.05, 0.1) is 0 Å². The van der Waals surface area contributed by atoms with E-state index in [1.807, 2.05) is 31.2 Å². The van der Waals surface area contributed by atoms with E-state index in [9.17, 15) is 9.18 Å². The lowest BCUT2D eigenvalue weighted by molar-refractivity contribution is 0.0586. The quantitative estimate of drug-likeness (QED) is 0.601. The molecule has 0 spiro atoms. The van der Waals surface area contributed by atoms with Crippen LogP contribution in [0.4, 0.5) is 4.39 Å². The minimum atomic E-state index is -0.356. The maximum Gasteiger partial charge on any atom is 0.254 e. The predicted molar refractivity (Wildman–Crippen MR) is 108 cm³/mol. The topological polar surface area (TPSA) is 59.2 Å². The molecule has 0 bridgehead atoms. The number of benzene rings is 2. The molecule has 29 heavy (non-hydrogen) atoms. The number of aromatic nitrogens is 2. The number of amides is 1. The van der Waals surface area contributed by atoms with Gasteiger partial charge in [-0.2, -0.15) is 4.98 Å². The Morgan fingerprint density at radius 1 is 1.07 bits per heavy atom. The zero-order chi connectivity index (χ0) is 20.2. The van der Waals surface area contributed by atoms with Gasteiger partial charge in [0, 0.05) is 17.2 Å². The fourth-order valence-electron chi connectivity index (χ4n) is 3.80. The first-order valence-electron chi connectivity index (χ1n) is 10.1. The highest BCUT2D eigenvalue weighted by Crippen LogP contribution is 2.26. The van der Waals surface area contributed by atoms with Crippen molar-refractivity contribution in [1.29, 1.82) is 0 Å². The van der Waals surface area contributed by atoms with Crippen LogP contribution in [0.3, 0.4) is 0 Å². The second-order valence-electron chi connectivity index (χ2n) is 7.61. The van der Waals surface area contributed by atoms with Crippen molar-refractivity contribution in [2.24, 2.45) is 0 Å². The third-order valence-corrected chi connectivity index (χ3v) is 5.45. The van der Waals surface area contributed by atoms with E-state index in [-0.39, 0.29) is 24.3 Å². The Labute approximate surface area is 169 Å². The second kappa shape index (κ2) is 8.55. The molecular formula is C23H24FN3O2. The Hall–Kier alpha value is -3.02. The molecule has 1 aliphatic rings. The van der Waals surface area contributed by atoms with Crippen molar-refractivity contribution >= 4 is 5.91 Å². The van der Waals surface area contributed by atoms with Crippen LogP contribution in [0.1, 0.15) is 53.9 Å². The molecule has 0 unspecified atom stereocenters.